The maximum absolute atomic E-state index is 12.2. The second-order valence-corrected chi connectivity index (χ2v) is 7.52. The van der Waals surface area contributed by atoms with E-state index in [-0.39, 0.29) is 30.7 Å². The van der Waals surface area contributed by atoms with Gasteiger partial charge in [0, 0.05) is 30.6 Å². The minimum Gasteiger partial charge on any atom is -0.326 e. The normalized spacial score (nSPS) is 15.9. The van der Waals surface area contributed by atoms with Crippen LogP contribution in [0.15, 0.2) is 35.2 Å². The number of anilines is 1. The van der Waals surface area contributed by atoms with Gasteiger partial charge in [-0.2, -0.15) is 0 Å². The van der Waals surface area contributed by atoms with Crippen molar-refractivity contribution >= 4 is 47.7 Å². The summed E-state index contributed by atoms with van der Waals surface area (Å²) in [7, 11) is 2.08. The summed E-state index contributed by atoms with van der Waals surface area (Å²) in [6.45, 7) is 3.79. The van der Waals surface area contributed by atoms with Gasteiger partial charge in [0.15, 0.2) is 0 Å². The molecule has 5 nitrogen and oxygen atoms in total. The van der Waals surface area contributed by atoms with E-state index in [9.17, 15) is 4.79 Å². The lowest BCUT2D eigenvalue weighted by atomic mass is 10.0. The van der Waals surface area contributed by atoms with Crippen LogP contribution in [0, 0.1) is 5.92 Å². The summed E-state index contributed by atoms with van der Waals surface area (Å²) >= 11 is 1.62. The van der Waals surface area contributed by atoms with Gasteiger partial charge in [-0.05, 0) is 56.6 Å². The van der Waals surface area contributed by atoms with Crippen molar-refractivity contribution in [2.24, 2.45) is 5.92 Å². The van der Waals surface area contributed by atoms with Gasteiger partial charge in [-0.1, -0.05) is 12.1 Å². The minimum absolute atomic E-state index is 0. The molecule has 1 amide bonds. The van der Waals surface area contributed by atoms with E-state index in [4.69, 9.17) is 0 Å². The van der Waals surface area contributed by atoms with E-state index in [2.05, 4.69) is 45.1 Å². The second kappa shape index (κ2) is 12.3. The molecular weight excluding hydrogens is 403 g/mol. The number of carbonyl (C=O) groups excluding carboxylic acids is 1. The number of hydrogen-bond acceptors (Lipinski definition) is 5. The van der Waals surface area contributed by atoms with Gasteiger partial charge in [0.05, 0.1) is 11.2 Å². The fraction of sp³-hybridized carbons (Fsp3) is 0.474. The number of nitrogens with one attached hydrogen (secondary N) is 2. The largest absolute Gasteiger partial charge is 0.326 e. The SMILES string of the molecule is CN(Cc1cccc(NC(=O)CCC2CCNC2)c1)Cc1cscn1.Cl.Cl. The Kier molecular flexibility index (Phi) is 10.9. The van der Waals surface area contributed by atoms with E-state index >= 15 is 0 Å². The van der Waals surface area contributed by atoms with E-state index in [1.54, 1.807) is 11.3 Å². The first-order valence-electron chi connectivity index (χ1n) is 8.84. The number of carbonyl (C=O) groups is 1. The Hall–Kier alpha value is -1.18. The maximum atomic E-state index is 12.2. The average molecular weight is 431 g/mol. The Balaban J connectivity index is 0.00000182. The van der Waals surface area contributed by atoms with Crippen molar-refractivity contribution in [3.63, 3.8) is 0 Å². The van der Waals surface area contributed by atoms with Crippen LogP contribution in [-0.4, -0.2) is 35.9 Å². The molecule has 3 rings (SSSR count). The Morgan fingerprint density at radius 3 is 2.93 bits per heavy atom. The van der Waals surface area contributed by atoms with Crippen LogP contribution in [-0.2, 0) is 17.9 Å². The van der Waals surface area contributed by atoms with Crippen LogP contribution in [0.3, 0.4) is 0 Å². The van der Waals surface area contributed by atoms with Gasteiger partial charge in [-0.3, -0.25) is 9.69 Å². The van der Waals surface area contributed by atoms with E-state index < -0.39 is 0 Å². The summed E-state index contributed by atoms with van der Waals surface area (Å²) in [5.41, 5.74) is 5.03. The van der Waals surface area contributed by atoms with Crippen molar-refractivity contribution in [1.82, 2.24) is 15.2 Å². The van der Waals surface area contributed by atoms with Crippen LogP contribution in [0.25, 0.3) is 0 Å². The number of aromatic nitrogens is 1. The van der Waals surface area contributed by atoms with Crippen molar-refractivity contribution in [2.75, 3.05) is 25.5 Å². The number of amides is 1. The minimum atomic E-state index is 0. The van der Waals surface area contributed by atoms with Gasteiger partial charge >= 0.3 is 0 Å². The number of halogens is 2. The average Bonchev–Trinajstić information content (AvgIpc) is 3.26. The van der Waals surface area contributed by atoms with Gasteiger partial charge in [0.2, 0.25) is 5.91 Å². The molecule has 0 aliphatic carbocycles. The van der Waals surface area contributed by atoms with Gasteiger partial charge in [-0.25, -0.2) is 4.98 Å². The first-order chi connectivity index (χ1) is 12.2. The van der Waals surface area contributed by atoms with Crippen molar-refractivity contribution in [2.45, 2.75) is 32.4 Å². The summed E-state index contributed by atoms with van der Waals surface area (Å²) in [6, 6.07) is 8.12. The van der Waals surface area contributed by atoms with Crippen molar-refractivity contribution < 1.29 is 4.79 Å². The molecule has 2 aromatic rings. The Bertz CT molecular complexity index is 678. The van der Waals surface area contributed by atoms with Gasteiger partial charge < -0.3 is 10.6 Å². The fourth-order valence-electron chi connectivity index (χ4n) is 3.23. The molecular formula is C19H28Cl2N4OS. The number of thiazole rings is 1. The molecule has 2 heterocycles. The number of hydrogen-bond donors (Lipinski definition) is 2. The van der Waals surface area contributed by atoms with Crippen LogP contribution in [0.4, 0.5) is 5.69 Å². The fourth-order valence-corrected chi connectivity index (χ4v) is 3.78. The predicted molar refractivity (Wildman–Crippen MR) is 117 cm³/mol. The molecule has 2 N–H and O–H groups in total. The van der Waals surface area contributed by atoms with Gasteiger partial charge in [0.25, 0.3) is 0 Å². The Labute approximate surface area is 177 Å². The third kappa shape index (κ3) is 8.15. The lowest BCUT2D eigenvalue weighted by Crippen LogP contribution is -2.18. The third-order valence-electron chi connectivity index (χ3n) is 4.52. The first kappa shape index (κ1) is 23.9. The van der Waals surface area contributed by atoms with Crippen molar-refractivity contribution in [1.29, 1.82) is 0 Å². The summed E-state index contributed by atoms with van der Waals surface area (Å²) < 4.78 is 0. The highest BCUT2D eigenvalue weighted by molar-refractivity contribution is 7.07. The number of nitrogens with zero attached hydrogens (tertiary/aromatic N) is 2. The second-order valence-electron chi connectivity index (χ2n) is 6.80. The topological polar surface area (TPSA) is 57.3 Å². The van der Waals surface area contributed by atoms with Crippen LogP contribution in [0.1, 0.15) is 30.5 Å². The van der Waals surface area contributed by atoms with E-state index in [1.807, 2.05) is 17.6 Å². The van der Waals surface area contributed by atoms with Gasteiger partial charge in [-0.15, -0.1) is 36.2 Å². The molecule has 1 aromatic carbocycles. The van der Waals surface area contributed by atoms with Crippen molar-refractivity contribution in [3.05, 3.63) is 46.4 Å². The Morgan fingerprint density at radius 1 is 1.37 bits per heavy atom. The van der Waals surface area contributed by atoms with Crippen LogP contribution < -0.4 is 10.6 Å². The lowest BCUT2D eigenvalue weighted by Gasteiger charge is -2.16. The first-order valence-corrected chi connectivity index (χ1v) is 9.78. The summed E-state index contributed by atoms with van der Waals surface area (Å²) in [4.78, 5) is 18.7. The zero-order chi connectivity index (χ0) is 17.5. The number of benzene rings is 1. The monoisotopic (exact) mass is 430 g/mol. The standard InChI is InChI=1S/C19H26N4OS.2ClH/c1-23(12-18-13-25-14-21-18)11-16-3-2-4-17(9-16)22-19(24)6-5-15-7-8-20-10-15;;/h2-4,9,13-15,20H,5-8,10-12H2,1H3,(H,22,24);2*1H. The zero-order valence-corrected chi connectivity index (χ0v) is 18.0. The number of rotatable bonds is 8. The lowest BCUT2D eigenvalue weighted by molar-refractivity contribution is -0.116. The van der Waals surface area contributed by atoms with E-state index in [0.29, 0.717) is 12.3 Å². The molecule has 1 fully saturated rings. The van der Waals surface area contributed by atoms with E-state index in [1.165, 1.54) is 12.0 Å². The highest BCUT2D eigenvalue weighted by Crippen LogP contribution is 2.17. The highest BCUT2D eigenvalue weighted by Gasteiger charge is 2.15. The molecule has 0 spiro atoms. The summed E-state index contributed by atoms with van der Waals surface area (Å²) in [5.74, 6) is 0.760. The van der Waals surface area contributed by atoms with Crippen LogP contribution >= 0.6 is 36.2 Å². The highest BCUT2D eigenvalue weighted by atomic mass is 35.5. The molecule has 150 valence electrons. The quantitative estimate of drug-likeness (QED) is 0.665. The molecule has 1 aliphatic rings. The van der Waals surface area contributed by atoms with Crippen molar-refractivity contribution in [3.8, 4) is 0 Å². The maximum Gasteiger partial charge on any atom is 0.224 e. The zero-order valence-electron chi connectivity index (χ0n) is 15.5. The third-order valence-corrected chi connectivity index (χ3v) is 5.16. The molecule has 1 aliphatic heterocycles. The Morgan fingerprint density at radius 2 is 2.22 bits per heavy atom. The molecule has 0 saturated carbocycles. The molecule has 27 heavy (non-hydrogen) atoms. The molecule has 0 radical (unpaired) electrons. The summed E-state index contributed by atoms with van der Waals surface area (Å²) in [6.07, 6.45) is 2.75. The molecule has 1 aromatic heterocycles. The summed E-state index contributed by atoms with van der Waals surface area (Å²) in [5, 5.41) is 8.46. The van der Waals surface area contributed by atoms with Crippen LogP contribution in [0.2, 0.25) is 0 Å². The van der Waals surface area contributed by atoms with Crippen LogP contribution in [0.5, 0.6) is 0 Å². The molecule has 8 heteroatoms. The molecule has 0 bridgehead atoms. The molecule has 1 saturated heterocycles. The smallest absolute Gasteiger partial charge is 0.224 e. The van der Waals surface area contributed by atoms with E-state index in [0.717, 1.165) is 44.0 Å². The molecule has 1 unspecified atom stereocenters. The van der Waals surface area contributed by atoms with Gasteiger partial charge in [0.1, 0.15) is 0 Å². The molecule has 1 atom stereocenters. The predicted octanol–water partition coefficient (Wildman–Crippen LogP) is 3.95.